The molecule has 2 aromatic rings. The molecule has 0 fully saturated rings. The Morgan fingerprint density at radius 3 is 2.50 bits per heavy atom. The van der Waals surface area contributed by atoms with E-state index in [1.165, 1.54) is 12.1 Å². The van der Waals surface area contributed by atoms with Crippen LogP contribution in [0.25, 0.3) is 0 Å². The summed E-state index contributed by atoms with van der Waals surface area (Å²) in [7, 11) is -1.85. The molecule has 0 aromatic heterocycles. The highest BCUT2D eigenvalue weighted by molar-refractivity contribution is 7.90. The van der Waals surface area contributed by atoms with E-state index in [2.05, 4.69) is 10.5 Å². The summed E-state index contributed by atoms with van der Waals surface area (Å²) in [6, 6.07) is 12.9. The average molecular weight is 339 g/mol. The van der Waals surface area contributed by atoms with Crippen LogP contribution < -0.4 is 5.32 Å². The lowest BCUT2D eigenvalue weighted by Crippen LogP contribution is -2.19. The van der Waals surface area contributed by atoms with Gasteiger partial charge in [-0.25, -0.2) is 8.42 Å². The molecule has 0 amide bonds. The normalized spacial score (nSPS) is 12.2. The number of halogens is 1. The number of benzene rings is 2. The molecule has 2 N–H and O–H groups in total. The highest BCUT2D eigenvalue weighted by Crippen LogP contribution is 2.19. The van der Waals surface area contributed by atoms with Gasteiger partial charge in [-0.1, -0.05) is 35.0 Å². The molecular formula is C15H15ClN2O3S. The van der Waals surface area contributed by atoms with Gasteiger partial charge in [-0.15, -0.1) is 0 Å². The molecule has 0 aliphatic carbocycles. The molecule has 0 saturated heterocycles. The zero-order valence-electron chi connectivity index (χ0n) is 11.8. The maximum absolute atomic E-state index is 12.4. The molecule has 0 saturated carbocycles. The van der Waals surface area contributed by atoms with Gasteiger partial charge in [-0.3, -0.25) is 0 Å². The van der Waals surface area contributed by atoms with Gasteiger partial charge in [0.1, 0.15) is 0 Å². The number of oxime groups is 1. The Bertz CT molecular complexity index is 787. The third-order valence-corrected chi connectivity index (χ3v) is 5.02. The van der Waals surface area contributed by atoms with Crippen molar-refractivity contribution in [2.45, 2.75) is 10.6 Å². The third kappa shape index (κ3) is 3.78. The monoisotopic (exact) mass is 338 g/mol. The van der Waals surface area contributed by atoms with E-state index in [0.29, 0.717) is 16.1 Å². The van der Waals surface area contributed by atoms with Gasteiger partial charge in [0.05, 0.1) is 10.6 Å². The van der Waals surface area contributed by atoms with Crippen LogP contribution >= 0.6 is 11.6 Å². The first-order chi connectivity index (χ1) is 10.5. The van der Waals surface area contributed by atoms with Crippen LogP contribution in [0.1, 0.15) is 11.1 Å². The van der Waals surface area contributed by atoms with Crippen LogP contribution in [0.4, 0.5) is 0 Å². The van der Waals surface area contributed by atoms with E-state index in [0.717, 1.165) is 0 Å². The fraction of sp³-hybridized carbons (Fsp3) is 0.133. The van der Waals surface area contributed by atoms with Crippen molar-refractivity contribution in [2.75, 3.05) is 7.05 Å². The molecule has 22 heavy (non-hydrogen) atoms. The summed E-state index contributed by atoms with van der Waals surface area (Å²) < 4.78 is 24.8. The van der Waals surface area contributed by atoms with Crippen LogP contribution in [-0.4, -0.2) is 26.5 Å². The molecule has 116 valence electrons. The summed E-state index contributed by atoms with van der Waals surface area (Å²) in [6.45, 7) is 0. The van der Waals surface area contributed by atoms with Gasteiger partial charge in [-0.2, -0.15) is 0 Å². The maximum Gasteiger partial charge on any atom is 0.182 e. The van der Waals surface area contributed by atoms with Crippen molar-refractivity contribution in [2.24, 2.45) is 5.16 Å². The zero-order chi connectivity index (χ0) is 16.2. The molecule has 7 heteroatoms. The fourth-order valence-corrected chi connectivity index (χ4v) is 3.47. The number of hydrogen-bond donors (Lipinski definition) is 2. The van der Waals surface area contributed by atoms with Crippen molar-refractivity contribution in [1.82, 2.24) is 5.32 Å². The highest BCUT2D eigenvalue weighted by Gasteiger charge is 2.16. The Hall–Kier alpha value is -2.05. The molecule has 0 heterocycles. The Kier molecular flexibility index (Phi) is 5.05. The second-order valence-electron chi connectivity index (χ2n) is 4.61. The standard InChI is InChI=1S/C15H15ClN2O3S/c1-17-15(18-19)12-4-2-3-11(9-12)10-22(20,21)14-7-5-13(16)6-8-14/h2-9,19H,10H2,1H3,(H,17,18). The SMILES string of the molecule is CN/C(=N\O)c1cccc(CS(=O)(=O)c2ccc(Cl)cc2)c1. The van der Waals surface area contributed by atoms with Crippen molar-refractivity contribution >= 4 is 27.3 Å². The van der Waals surface area contributed by atoms with E-state index in [1.54, 1.807) is 43.4 Å². The van der Waals surface area contributed by atoms with E-state index in [9.17, 15) is 8.42 Å². The first kappa shape index (κ1) is 16.3. The molecule has 0 bridgehead atoms. The lowest BCUT2D eigenvalue weighted by Gasteiger charge is -2.08. The first-order valence-corrected chi connectivity index (χ1v) is 8.47. The second kappa shape index (κ2) is 6.81. The van der Waals surface area contributed by atoms with Gasteiger partial charge in [0.2, 0.25) is 0 Å². The molecule has 5 nitrogen and oxygen atoms in total. The van der Waals surface area contributed by atoms with E-state index >= 15 is 0 Å². The zero-order valence-corrected chi connectivity index (χ0v) is 13.4. The van der Waals surface area contributed by atoms with Gasteiger partial charge in [0.15, 0.2) is 15.7 Å². The van der Waals surface area contributed by atoms with Crippen LogP contribution in [0.5, 0.6) is 0 Å². The summed E-state index contributed by atoms with van der Waals surface area (Å²) in [5.41, 5.74) is 1.21. The number of nitrogens with one attached hydrogen (secondary N) is 1. The highest BCUT2D eigenvalue weighted by atomic mass is 35.5. The molecule has 0 atom stereocenters. The van der Waals surface area contributed by atoms with Crippen LogP contribution in [-0.2, 0) is 15.6 Å². The third-order valence-electron chi connectivity index (χ3n) is 3.07. The van der Waals surface area contributed by atoms with Gasteiger partial charge in [0.25, 0.3) is 0 Å². The number of rotatable bonds is 4. The minimum atomic E-state index is -3.47. The van der Waals surface area contributed by atoms with Gasteiger partial charge in [-0.05, 0) is 35.9 Å². The van der Waals surface area contributed by atoms with Crippen molar-refractivity contribution in [3.8, 4) is 0 Å². The van der Waals surface area contributed by atoms with E-state index < -0.39 is 9.84 Å². The lowest BCUT2D eigenvalue weighted by atomic mass is 10.1. The van der Waals surface area contributed by atoms with Gasteiger partial charge in [0, 0.05) is 17.6 Å². The first-order valence-electron chi connectivity index (χ1n) is 6.44. The number of sulfone groups is 1. The summed E-state index contributed by atoms with van der Waals surface area (Å²) in [4.78, 5) is 0.215. The summed E-state index contributed by atoms with van der Waals surface area (Å²) in [5.74, 6) is 0.121. The van der Waals surface area contributed by atoms with Gasteiger partial charge >= 0.3 is 0 Å². The van der Waals surface area contributed by atoms with E-state index in [-0.39, 0.29) is 16.5 Å². The van der Waals surface area contributed by atoms with Crippen molar-refractivity contribution in [3.05, 3.63) is 64.7 Å². The number of amidine groups is 1. The predicted octanol–water partition coefficient (Wildman–Crippen LogP) is 2.67. The van der Waals surface area contributed by atoms with Crippen molar-refractivity contribution in [1.29, 1.82) is 0 Å². The minimum absolute atomic E-state index is 0.148. The molecule has 0 aliphatic rings. The maximum atomic E-state index is 12.4. The second-order valence-corrected chi connectivity index (χ2v) is 7.04. The van der Waals surface area contributed by atoms with Crippen LogP contribution in [0.15, 0.2) is 58.6 Å². The fourth-order valence-electron chi connectivity index (χ4n) is 2.01. The predicted molar refractivity (Wildman–Crippen MR) is 86.2 cm³/mol. The Morgan fingerprint density at radius 2 is 1.91 bits per heavy atom. The molecule has 0 spiro atoms. The number of hydrogen-bond acceptors (Lipinski definition) is 4. The Balaban J connectivity index is 2.30. The van der Waals surface area contributed by atoms with Gasteiger partial charge < -0.3 is 10.5 Å². The van der Waals surface area contributed by atoms with E-state index in [1.807, 2.05) is 0 Å². The molecule has 2 rings (SSSR count). The smallest absolute Gasteiger partial charge is 0.182 e. The molecule has 2 aromatic carbocycles. The van der Waals surface area contributed by atoms with E-state index in [4.69, 9.17) is 16.8 Å². The molecular weight excluding hydrogens is 324 g/mol. The summed E-state index contributed by atoms with van der Waals surface area (Å²) in [6.07, 6.45) is 0. The minimum Gasteiger partial charge on any atom is -0.409 e. The average Bonchev–Trinajstić information content (AvgIpc) is 2.49. The topological polar surface area (TPSA) is 78.8 Å². The van der Waals surface area contributed by atoms with Crippen molar-refractivity contribution < 1.29 is 13.6 Å². The quantitative estimate of drug-likeness (QED) is 0.389. The molecule has 0 unspecified atom stereocenters. The Morgan fingerprint density at radius 1 is 1.23 bits per heavy atom. The van der Waals surface area contributed by atoms with Crippen molar-refractivity contribution in [3.63, 3.8) is 0 Å². The summed E-state index contributed by atoms with van der Waals surface area (Å²) >= 11 is 5.77. The Labute approximate surface area is 134 Å². The number of nitrogens with zero attached hydrogens (tertiary/aromatic N) is 1. The summed E-state index contributed by atoms with van der Waals surface area (Å²) in [5, 5.41) is 15.2. The van der Waals surface area contributed by atoms with Crippen LogP contribution in [0.3, 0.4) is 0 Å². The van der Waals surface area contributed by atoms with Crippen LogP contribution in [0, 0.1) is 0 Å². The lowest BCUT2D eigenvalue weighted by molar-refractivity contribution is 0.317. The van der Waals surface area contributed by atoms with Crippen LogP contribution in [0.2, 0.25) is 5.02 Å². The largest absolute Gasteiger partial charge is 0.409 e. The molecule has 0 aliphatic heterocycles. The molecule has 0 radical (unpaired) electrons.